The van der Waals surface area contributed by atoms with Crippen LogP contribution in [0.1, 0.15) is 19.8 Å². The molecule has 0 saturated carbocycles. The molecule has 108 valence electrons. The molecule has 2 heterocycles. The first-order valence-corrected chi connectivity index (χ1v) is 8.08. The van der Waals surface area contributed by atoms with E-state index in [9.17, 15) is 0 Å². The number of thioether (sulfide) groups is 1. The highest BCUT2D eigenvalue weighted by Crippen LogP contribution is 2.36. The van der Waals surface area contributed by atoms with E-state index in [1.165, 1.54) is 0 Å². The Balaban J connectivity index is 1.64. The number of hydrogen-bond donors (Lipinski definition) is 1. The number of ether oxygens (including phenoxy) is 2. The summed E-state index contributed by atoms with van der Waals surface area (Å²) in [7, 11) is 0. The lowest BCUT2D eigenvalue weighted by atomic mass is 9.93. The van der Waals surface area contributed by atoms with Crippen molar-refractivity contribution in [1.82, 2.24) is 0 Å². The number of hydrogen-bond acceptors (Lipinski definition) is 5. The second-order valence-corrected chi connectivity index (χ2v) is 6.09. The van der Waals surface area contributed by atoms with Gasteiger partial charge in [-0.15, -0.1) is 0 Å². The Hall–Kier alpha value is -1.20. The Kier molecular flexibility index (Phi) is 4.17. The van der Waals surface area contributed by atoms with Crippen LogP contribution >= 0.6 is 11.8 Å². The summed E-state index contributed by atoms with van der Waals surface area (Å²) in [5.74, 6) is 1.97. The average Bonchev–Trinajstić information content (AvgIpc) is 2.85. The molecule has 0 atom stereocenters. The lowest BCUT2D eigenvalue weighted by Crippen LogP contribution is -2.34. The molecule has 0 amide bonds. The van der Waals surface area contributed by atoms with E-state index in [-0.39, 0.29) is 5.54 Å². The maximum absolute atomic E-state index is 5.44. The molecule has 1 aromatic rings. The van der Waals surface area contributed by atoms with E-state index in [0.29, 0.717) is 6.61 Å². The monoisotopic (exact) mass is 292 g/mol. The van der Waals surface area contributed by atoms with Crippen molar-refractivity contribution >= 4 is 22.6 Å². The summed E-state index contributed by atoms with van der Waals surface area (Å²) in [5, 5.41) is 4.42. The Morgan fingerprint density at radius 3 is 2.75 bits per heavy atom. The molecule has 1 aromatic carbocycles. The normalized spacial score (nSPS) is 20.8. The van der Waals surface area contributed by atoms with Crippen LogP contribution in [-0.2, 0) is 4.74 Å². The largest absolute Gasteiger partial charge is 0.494 e. The van der Waals surface area contributed by atoms with Gasteiger partial charge in [-0.05, 0) is 44.0 Å². The molecule has 0 radical (unpaired) electrons. The van der Waals surface area contributed by atoms with Crippen molar-refractivity contribution in [2.24, 2.45) is 4.99 Å². The predicted octanol–water partition coefficient (Wildman–Crippen LogP) is 3.15. The molecular formula is C15H20N2O2S. The Labute approximate surface area is 123 Å². The van der Waals surface area contributed by atoms with Crippen molar-refractivity contribution in [3.63, 3.8) is 0 Å². The highest BCUT2D eigenvalue weighted by atomic mass is 32.2. The zero-order valence-electron chi connectivity index (χ0n) is 11.7. The van der Waals surface area contributed by atoms with Crippen LogP contribution in [0.4, 0.5) is 5.69 Å². The summed E-state index contributed by atoms with van der Waals surface area (Å²) >= 11 is 1.81. The minimum absolute atomic E-state index is 0.108. The fourth-order valence-corrected chi connectivity index (χ4v) is 3.69. The van der Waals surface area contributed by atoms with Crippen LogP contribution in [0.15, 0.2) is 29.3 Å². The molecule has 1 saturated heterocycles. The summed E-state index contributed by atoms with van der Waals surface area (Å²) in [4.78, 5) is 4.89. The van der Waals surface area contributed by atoms with E-state index in [0.717, 1.165) is 48.4 Å². The van der Waals surface area contributed by atoms with Crippen molar-refractivity contribution in [2.75, 3.05) is 30.9 Å². The summed E-state index contributed by atoms with van der Waals surface area (Å²) < 4.78 is 10.9. The Morgan fingerprint density at radius 1 is 1.30 bits per heavy atom. The molecule has 0 aromatic heterocycles. The van der Waals surface area contributed by atoms with Crippen molar-refractivity contribution in [3.05, 3.63) is 24.3 Å². The van der Waals surface area contributed by atoms with Gasteiger partial charge in [-0.3, -0.25) is 4.99 Å². The van der Waals surface area contributed by atoms with Crippen molar-refractivity contribution in [1.29, 1.82) is 0 Å². The summed E-state index contributed by atoms with van der Waals surface area (Å²) in [5.41, 5.74) is 1.17. The van der Waals surface area contributed by atoms with Crippen LogP contribution in [0.2, 0.25) is 0 Å². The van der Waals surface area contributed by atoms with E-state index >= 15 is 0 Å². The molecule has 0 bridgehead atoms. The topological polar surface area (TPSA) is 42.8 Å². The second kappa shape index (κ2) is 6.06. The van der Waals surface area contributed by atoms with Crippen LogP contribution in [0.5, 0.6) is 5.75 Å². The number of amidine groups is 1. The zero-order valence-corrected chi connectivity index (χ0v) is 12.5. The standard InChI is InChI=1S/C15H20N2O2S/c1-2-19-13-5-3-12(4-6-13)16-14-17-15(11-20-14)7-9-18-10-8-15/h3-6H,2,7-11H2,1H3,(H,16,17). The van der Waals surface area contributed by atoms with Crippen molar-refractivity contribution in [2.45, 2.75) is 25.3 Å². The third-order valence-corrected chi connectivity index (χ3v) is 4.80. The van der Waals surface area contributed by atoms with E-state index < -0.39 is 0 Å². The number of anilines is 1. The summed E-state index contributed by atoms with van der Waals surface area (Å²) in [6.07, 6.45) is 2.07. The van der Waals surface area contributed by atoms with E-state index in [1.54, 1.807) is 0 Å². The Morgan fingerprint density at radius 2 is 2.05 bits per heavy atom. The molecule has 0 unspecified atom stereocenters. The maximum Gasteiger partial charge on any atom is 0.161 e. The molecule has 4 nitrogen and oxygen atoms in total. The fraction of sp³-hybridized carbons (Fsp3) is 0.533. The molecule has 1 N–H and O–H groups in total. The van der Waals surface area contributed by atoms with Gasteiger partial charge < -0.3 is 14.8 Å². The van der Waals surface area contributed by atoms with E-state index in [2.05, 4.69) is 5.32 Å². The SMILES string of the molecule is CCOc1ccc(NC2=NC3(CCOCC3)CS2)cc1. The minimum atomic E-state index is 0.108. The Bertz CT molecular complexity index is 481. The molecule has 2 aliphatic rings. The average molecular weight is 292 g/mol. The molecule has 0 aliphatic carbocycles. The highest BCUT2D eigenvalue weighted by molar-refractivity contribution is 8.14. The number of rotatable bonds is 3. The molecule has 3 rings (SSSR count). The first-order valence-electron chi connectivity index (χ1n) is 7.10. The van der Waals surface area contributed by atoms with Crippen molar-refractivity contribution in [3.8, 4) is 5.75 Å². The van der Waals surface area contributed by atoms with Gasteiger partial charge in [0.1, 0.15) is 5.75 Å². The van der Waals surface area contributed by atoms with Crippen LogP contribution in [-0.4, -0.2) is 36.3 Å². The van der Waals surface area contributed by atoms with Crippen LogP contribution in [0.3, 0.4) is 0 Å². The van der Waals surface area contributed by atoms with Gasteiger partial charge in [0, 0.05) is 24.7 Å². The molecule has 20 heavy (non-hydrogen) atoms. The number of benzene rings is 1. The third-order valence-electron chi connectivity index (χ3n) is 3.66. The van der Waals surface area contributed by atoms with Crippen LogP contribution < -0.4 is 10.1 Å². The second-order valence-electron chi connectivity index (χ2n) is 5.12. The molecule has 5 heteroatoms. The molecular weight excluding hydrogens is 272 g/mol. The minimum Gasteiger partial charge on any atom is -0.494 e. The van der Waals surface area contributed by atoms with Gasteiger partial charge in [0.25, 0.3) is 0 Å². The fourth-order valence-electron chi connectivity index (χ4n) is 2.48. The van der Waals surface area contributed by atoms with Crippen molar-refractivity contribution < 1.29 is 9.47 Å². The molecule has 2 aliphatic heterocycles. The first-order chi connectivity index (χ1) is 9.80. The quantitative estimate of drug-likeness (QED) is 0.929. The molecule has 1 fully saturated rings. The maximum atomic E-state index is 5.44. The van der Waals surface area contributed by atoms with Crippen LogP contribution in [0.25, 0.3) is 0 Å². The summed E-state index contributed by atoms with van der Waals surface area (Å²) in [6, 6.07) is 8.03. The number of nitrogens with zero attached hydrogens (tertiary/aromatic N) is 1. The van der Waals surface area contributed by atoms with Gasteiger partial charge in [-0.25, -0.2) is 0 Å². The molecule has 1 spiro atoms. The predicted molar refractivity (Wildman–Crippen MR) is 83.9 cm³/mol. The third kappa shape index (κ3) is 3.10. The van der Waals surface area contributed by atoms with E-state index in [1.807, 2.05) is 43.0 Å². The van der Waals surface area contributed by atoms with Gasteiger partial charge in [0.05, 0.1) is 12.1 Å². The lowest BCUT2D eigenvalue weighted by molar-refractivity contribution is 0.0624. The van der Waals surface area contributed by atoms with Gasteiger partial charge in [-0.1, -0.05) is 11.8 Å². The highest BCUT2D eigenvalue weighted by Gasteiger charge is 2.37. The van der Waals surface area contributed by atoms with Gasteiger partial charge in [0.15, 0.2) is 5.17 Å². The smallest absolute Gasteiger partial charge is 0.161 e. The van der Waals surface area contributed by atoms with Gasteiger partial charge in [-0.2, -0.15) is 0 Å². The number of aliphatic imine (C=N–C) groups is 1. The van der Waals surface area contributed by atoms with Gasteiger partial charge >= 0.3 is 0 Å². The number of nitrogens with one attached hydrogen (secondary N) is 1. The van der Waals surface area contributed by atoms with E-state index in [4.69, 9.17) is 14.5 Å². The lowest BCUT2D eigenvalue weighted by Gasteiger charge is -2.29. The summed E-state index contributed by atoms with van der Waals surface area (Å²) in [6.45, 7) is 4.35. The van der Waals surface area contributed by atoms with Crippen LogP contribution in [0, 0.1) is 0 Å². The first kappa shape index (κ1) is 13.8. The zero-order chi connectivity index (χ0) is 13.8. The van der Waals surface area contributed by atoms with Gasteiger partial charge in [0.2, 0.25) is 0 Å².